The van der Waals surface area contributed by atoms with Crippen LogP contribution in [0.3, 0.4) is 0 Å². The van der Waals surface area contributed by atoms with Gasteiger partial charge in [0, 0.05) is 5.56 Å². The van der Waals surface area contributed by atoms with Gasteiger partial charge in [-0.15, -0.1) is 0 Å². The van der Waals surface area contributed by atoms with E-state index in [1.54, 1.807) is 6.07 Å². The normalized spacial score (nSPS) is 11.4. The number of amides is 1. The fraction of sp³-hybridized carbons (Fsp3) is 0.300. The van der Waals surface area contributed by atoms with Gasteiger partial charge < -0.3 is 5.73 Å². The maximum atomic E-state index is 13.3. The standard InChI is InChI=1S/C10H11F2NO/c1-6-4-3-5-7(2)8(6)10(11,12)9(13)14/h3-5H,1-2H3,(H2,13,14). The number of alkyl halides is 2. The molecule has 0 spiro atoms. The molecule has 0 fully saturated rings. The van der Waals surface area contributed by atoms with Crippen molar-refractivity contribution in [3.8, 4) is 0 Å². The highest BCUT2D eigenvalue weighted by molar-refractivity contribution is 5.83. The summed E-state index contributed by atoms with van der Waals surface area (Å²) in [5, 5.41) is 0. The summed E-state index contributed by atoms with van der Waals surface area (Å²) in [4.78, 5) is 10.6. The Balaban J connectivity index is 3.38. The molecule has 2 nitrogen and oxygen atoms in total. The highest BCUT2D eigenvalue weighted by atomic mass is 19.3. The maximum Gasteiger partial charge on any atom is 0.350 e. The largest absolute Gasteiger partial charge is 0.364 e. The third-order valence-corrected chi connectivity index (χ3v) is 2.10. The number of hydrogen-bond donors (Lipinski definition) is 1. The molecule has 0 bridgehead atoms. The Hall–Kier alpha value is -1.45. The summed E-state index contributed by atoms with van der Waals surface area (Å²) >= 11 is 0. The Morgan fingerprint density at radius 1 is 1.29 bits per heavy atom. The van der Waals surface area contributed by atoms with Crippen molar-refractivity contribution in [1.82, 2.24) is 0 Å². The van der Waals surface area contributed by atoms with Crippen molar-refractivity contribution in [2.45, 2.75) is 19.8 Å². The zero-order valence-electron chi connectivity index (χ0n) is 7.97. The van der Waals surface area contributed by atoms with Crippen LogP contribution in [0.2, 0.25) is 0 Å². The number of primary amides is 1. The fourth-order valence-electron chi connectivity index (χ4n) is 1.43. The predicted octanol–water partition coefficient (Wildman–Crippen LogP) is 1.88. The quantitative estimate of drug-likeness (QED) is 0.776. The van der Waals surface area contributed by atoms with Gasteiger partial charge in [0.25, 0.3) is 5.91 Å². The molecule has 0 atom stereocenters. The number of hydrogen-bond acceptors (Lipinski definition) is 1. The summed E-state index contributed by atoms with van der Waals surface area (Å²) < 4.78 is 26.7. The van der Waals surface area contributed by atoms with Crippen molar-refractivity contribution in [3.05, 3.63) is 34.9 Å². The molecule has 0 aliphatic heterocycles. The van der Waals surface area contributed by atoms with Crippen LogP contribution in [0.25, 0.3) is 0 Å². The van der Waals surface area contributed by atoms with Gasteiger partial charge in [0.1, 0.15) is 0 Å². The molecule has 1 rings (SSSR count). The zero-order valence-corrected chi connectivity index (χ0v) is 7.97. The van der Waals surface area contributed by atoms with Crippen LogP contribution in [0, 0.1) is 13.8 Å². The molecule has 0 saturated heterocycles. The summed E-state index contributed by atoms with van der Waals surface area (Å²) in [5.41, 5.74) is 5.10. The molecule has 76 valence electrons. The molecule has 0 heterocycles. The molecule has 1 aromatic rings. The summed E-state index contributed by atoms with van der Waals surface area (Å²) in [6.07, 6.45) is 0. The average molecular weight is 199 g/mol. The molecule has 1 amide bonds. The number of carbonyl (C=O) groups is 1. The van der Waals surface area contributed by atoms with E-state index in [2.05, 4.69) is 5.73 Å². The molecular weight excluding hydrogens is 188 g/mol. The van der Waals surface area contributed by atoms with Crippen molar-refractivity contribution in [3.63, 3.8) is 0 Å². The molecule has 0 aromatic heterocycles. The van der Waals surface area contributed by atoms with Gasteiger partial charge in [-0.25, -0.2) is 0 Å². The molecular formula is C10H11F2NO. The first-order valence-electron chi connectivity index (χ1n) is 4.11. The van der Waals surface area contributed by atoms with Crippen molar-refractivity contribution >= 4 is 5.91 Å². The monoisotopic (exact) mass is 199 g/mol. The highest BCUT2D eigenvalue weighted by Crippen LogP contribution is 2.32. The second-order valence-electron chi connectivity index (χ2n) is 3.21. The minimum atomic E-state index is -3.59. The number of carbonyl (C=O) groups excluding carboxylic acids is 1. The van der Waals surface area contributed by atoms with Gasteiger partial charge in [-0.2, -0.15) is 8.78 Å². The molecule has 2 N–H and O–H groups in total. The lowest BCUT2D eigenvalue weighted by Gasteiger charge is -2.17. The van der Waals surface area contributed by atoms with Gasteiger partial charge >= 0.3 is 5.92 Å². The van der Waals surface area contributed by atoms with Gasteiger partial charge in [0.15, 0.2) is 0 Å². The van der Waals surface area contributed by atoms with Crippen molar-refractivity contribution in [2.24, 2.45) is 5.73 Å². The van der Waals surface area contributed by atoms with Crippen LogP contribution >= 0.6 is 0 Å². The van der Waals surface area contributed by atoms with E-state index in [0.29, 0.717) is 11.1 Å². The number of rotatable bonds is 2. The smallest absolute Gasteiger partial charge is 0.350 e. The Kier molecular flexibility index (Phi) is 2.55. The van der Waals surface area contributed by atoms with E-state index in [-0.39, 0.29) is 5.56 Å². The second-order valence-corrected chi connectivity index (χ2v) is 3.21. The topological polar surface area (TPSA) is 43.1 Å². The molecule has 0 aliphatic rings. The van der Waals surface area contributed by atoms with E-state index in [9.17, 15) is 13.6 Å². The first-order valence-corrected chi connectivity index (χ1v) is 4.11. The van der Waals surface area contributed by atoms with Crippen LogP contribution in [-0.4, -0.2) is 5.91 Å². The molecule has 4 heteroatoms. The van der Waals surface area contributed by atoms with Crippen LogP contribution in [-0.2, 0) is 10.7 Å². The molecule has 0 radical (unpaired) electrons. The van der Waals surface area contributed by atoms with Gasteiger partial charge in [-0.1, -0.05) is 18.2 Å². The van der Waals surface area contributed by atoms with E-state index in [1.165, 1.54) is 26.0 Å². The summed E-state index contributed by atoms with van der Waals surface area (Å²) in [6.45, 7) is 3.05. The first-order chi connectivity index (χ1) is 6.37. The maximum absolute atomic E-state index is 13.3. The number of halogens is 2. The molecule has 1 aromatic carbocycles. The average Bonchev–Trinajstić information content (AvgIpc) is 2.02. The predicted molar refractivity (Wildman–Crippen MR) is 49.0 cm³/mol. The van der Waals surface area contributed by atoms with E-state index in [4.69, 9.17) is 0 Å². The molecule has 0 unspecified atom stereocenters. The summed E-state index contributed by atoms with van der Waals surface area (Å²) in [7, 11) is 0. The molecule has 0 aliphatic carbocycles. The van der Waals surface area contributed by atoms with E-state index >= 15 is 0 Å². The van der Waals surface area contributed by atoms with Crippen molar-refractivity contribution in [1.29, 1.82) is 0 Å². The lowest BCUT2D eigenvalue weighted by Crippen LogP contribution is -2.34. The van der Waals surface area contributed by atoms with Gasteiger partial charge in [0.2, 0.25) is 0 Å². The Bertz CT molecular complexity index is 354. The Morgan fingerprint density at radius 3 is 2.07 bits per heavy atom. The number of aryl methyl sites for hydroxylation is 2. The Morgan fingerprint density at radius 2 is 1.71 bits per heavy atom. The van der Waals surface area contributed by atoms with Crippen LogP contribution < -0.4 is 5.73 Å². The third-order valence-electron chi connectivity index (χ3n) is 2.10. The van der Waals surface area contributed by atoms with Crippen LogP contribution in [0.5, 0.6) is 0 Å². The fourth-order valence-corrected chi connectivity index (χ4v) is 1.43. The first kappa shape index (κ1) is 10.6. The van der Waals surface area contributed by atoms with Gasteiger partial charge in [-0.05, 0) is 25.0 Å². The summed E-state index contributed by atoms with van der Waals surface area (Å²) in [5.74, 6) is -5.20. The van der Waals surface area contributed by atoms with Crippen molar-refractivity contribution in [2.75, 3.05) is 0 Å². The summed E-state index contributed by atoms with van der Waals surface area (Å²) in [6, 6.07) is 4.71. The number of nitrogens with two attached hydrogens (primary N) is 1. The molecule has 0 saturated carbocycles. The van der Waals surface area contributed by atoms with E-state index < -0.39 is 11.8 Å². The van der Waals surface area contributed by atoms with Crippen LogP contribution in [0.15, 0.2) is 18.2 Å². The highest BCUT2D eigenvalue weighted by Gasteiger charge is 2.41. The Labute approximate surface area is 80.7 Å². The van der Waals surface area contributed by atoms with Gasteiger partial charge in [-0.3, -0.25) is 4.79 Å². The zero-order chi connectivity index (χ0) is 10.9. The van der Waals surface area contributed by atoms with Crippen LogP contribution in [0.4, 0.5) is 8.78 Å². The lowest BCUT2D eigenvalue weighted by molar-refractivity contribution is -0.143. The lowest BCUT2D eigenvalue weighted by atomic mass is 9.97. The second kappa shape index (κ2) is 3.36. The van der Waals surface area contributed by atoms with Crippen molar-refractivity contribution < 1.29 is 13.6 Å². The third kappa shape index (κ3) is 1.60. The van der Waals surface area contributed by atoms with Gasteiger partial charge in [0.05, 0.1) is 0 Å². The van der Waals surface area contributed by atoms with Crippen LogP contribution in [0.1, 0.15) is 16.7 Å². The minimum Gasteiger partial charge on any atom is -0.364 e. The number of benzene rings is 1. The van der Waals surface area contributed by atoms with E-state index in [1.807, 2.05) is 0 Å². The molecule has 14 heavy (non-hydrogen) atoms. The minimum absolute atomic E-state index is 0.285. The van der Waals surface area contributed by atoms with E-state index in [0.717, 1.165) is 0 Å². The SMILES string of the molecule is Cc1cccc(C)c1C(F)(F)C(N)=O.